The summed E-state index contributed by atoms with van der Waals surface area (Å²) in [5, 5.41) is 6.61. The second-order valence-corrected chi connectivity index (χ2v) is 9.13. The molecule has 0 saturated carbocycles. The highest BCUT2D eigenvalue weighted by atomic mass is 79.9. The van der Waals surface area contributed by atoms with Crippen LogP contribution in [0, 0.1) is 5.41 Å². The van der Waals surface area contributed by atoms with Gasteiger partial charge in [-0.25, -0.2) is 0 Å². The molecule has 3 rings (SSSR count). The minimum atomic E-state index is -0.475. The number of nitrogens with one attached hydrogen (secondary N) is 2. The quantitative estimate of drug-likeness (QED) is 0.563. The van der Waals surface area contributed by atoms with E-state index in [-0.39, 0.29) is 33.3 Å². The van der Waals surface area contributed by atoms with E-state index in [1.165, 1.54) is 12.4 Å². The molecule has 0 radical (unpaired) electrons. The van der Waals surface area contributed by atoms with Crippen molar-refractivity contribution in [2.24, 2.45) is 5.41 Å². The number of carbonyl (C=O) groups excluding carboxylic acids is 2. The van der Waals surface area contributed by atoms with Gasteiger partial charge in [-0.3, -0.25) is 14.6 Å². The SMILES string of the molecule is C[C@@H](Cc1ccc(NC(=O)c2c(Cl)cncc2Cl)cc1)NC1=C(Br)C(=O)C1(C)C. The number of benzene rings is 1. The van der Waals surface area contributed by atoms with Crippen molar-refractivity contribution in [3.8, 4) is 0 Å². The molecule has 0 bridgehead atoms. The van der Waals surface area contributed by atoms with Gasteiger partial charge in [-0.2, -0.15) is 0 Å². The largest absolute Gasteiger partial charge is 0.384 e. The molecule has 8 heteroatoms. The van der Waals surface area contributed by atoms with Crippen molar-refractivity contribution in [1.29, 1.82) is 0 Å². The van der Waals surface area contributed by atoms with E-state index in [0.29, 0.717) is 10.2 Å². The molecule has 1 aliphatic rings. The number of hydrogen-bond acceptors (Lipinski definition) is 4. The predicted octanol–water partition coefficient (Wildman–Crippen LogP) is 5.38. The van der Waals surface area contributed by atoms with Gasteiger partial charge in [0, 0.05) is 29.8 Å². The maximum absolute atomic E-state index is 12.4. The Bertz CT molecular complexity index is 983. The van der Waals surface area contributed by atoms with Gasteiger partial charge >= 0.3 is 0 Å². The van der Waals surface area contributed by atoms with Gasteiger partial charge in [0.05, 0.1) is 25.5 Å². The van der Waals surface area contributed by atoms with E-state index >= 15 is 0 Å². The Morgan fingerprint density at radius 2 is 1.76 bits per heavy atom. The summed E-state index contributed by atoms with van der Waals surface area (Å²) in [7, 11) is 0. The molecule has 1 aromatic heterocycles. The molecule has 0 fully saturated rings. The normalized spacial score (nSPS) is 16.3. The monoisotopic (exact) mass is 495 g/mol. The van der Waals surface area contributed by atoms with Gasteiger partial charge in [0.2, 0.25) is 0 Å². The molecule has 5 nitrogen and oxygen atoms in total. The molecular formula is C21H20BrCl2N3O2. The fourth-order valence-electron chi connectivity index (χ4n) is 3.15. The van der Waals surface area contributed by atoms with Crippen molar-refractivity contribution in [2.75, 3.05) is 5.32 Å². The Morgan fingerprint density at radius 3 is 2.31 bits per heavy atom. The maximum atomic E-state index is 12.4. The number of pyridine rings is 1. The first kappa shape index (κ1) is 21.8. The van der Waals surface area contributed by atoms with E-state index in [0.717, 1.165) is 17.7 Å². The second-order valence-electron chi connectivity index (χ2n) is 7.52. The zero-order chi connectivity index (χ0) is 21.3. The molecule has 2 aromatic rings. The fraction of sp³-hybridized carbons (Fsp3) is 0.286. The van der Waals surface area contributed by atoms with Gasteiger partial charge in [0.1, 0.15) is 0 Å². The van der Waals surface area contributed by atoms with Crippen molar-refractivity contribution < 1.29 is 9.59 Å². The Morgan fingerprint density at radius 1 is 1.17 bits per heavy atom. The lowest BCUT2D eigenvalue weighted by atomic mass is 9.74. The van der Waals surface area contributed by atoms with E-state index in [1.54, 1.807) is 0 Å². The summed E-state index contributed by atoms with van der Waals surface area (Å²) in [6.07, 6.45) is 3.53. The minimum absolute atomic E-state index is 0.113. The Kier molecular flexibility index (Phi) is 6.36. The van der Waals surface area contributed by atoms with Gasteiger partial charge in [0.15, 0.2) is 5.78 Å². The van der Waals surface area contributed by atoms with Crippen LogP contribution in [0.25, 0.3) is 0 Å². The van der Waals surface area contributed by atoms with Gasteiger partial charge < -0.3 is 10.6 Å². The summed E-state index contributed by atoms with van der Waals surface area (Å²) >= 11 is 15.4. The number of rotatable bonds is 6. The van der Waals surface area contributed by atoms with Crippen LogP contribution < -0.4 is 10.6 Å². The lowest BCUT2D eigenvalue weighted by Crippen LogP contribution is -2.46. The number of allylic oxidation sites excluding steroid dienone is 2. The van der Waals surface area contributed by atoms with Crippen LogP contribution in [0.15, 0.2) is 46.8 Å². The molecular weight excluding hydrogens is 477 g/mol. The van der Waals surface area contributed by atoms with Gasteiger partial charge in [0.25, 0.3) is 5.91 Å². The third-order valence-electron chi connectivity index (χ3n) is 4.84. The molecule has 1 heterocycles. The first-order chi connectivity index (χ1) is 13.6. The highest BCUT2D eigenvalue weighted by molar-refractivity contribution is 9.12. The lowest BCUT2D eigenvalue weighted by molar-refractivity contribution is -0.123. The topological polar surface area (TPSA) is 71.1 Å². The average Bonchev–Trinajstić information content (AvgIpc) is 2.66. The number of aromatic nitrogens is 1. The second kappa shape index (κ2) is 8.46. The minimum Gasteiger partial charge on any atom is -0.384 e. The van der Waals surface area contributed by atoms with Crippen LogP contribution in [0.1, 0.15) is 36.7 Å². The average molecular weight is 497 g/mol. The van der Waals surface area contributed by atoms with Crippen molar-refractivity contribution in [1.82, 2.24) is 10.3 Å². The molecule has 0 aliphatic heterocycles. The summed E-state index contributed by atoms with van der Waals surface area (Å²) in [5.41, 5.74) is 2.39. The standard InChI is InChI=1S/C21H20BrCl2N3O2/c1-11(26-18-17(22)19(28)21(18,2)3)8-12-4-6-13(7-5-12)27-20(29)16-14(23)9-25-10-15(16)24/h4-7,9-11,26H,8H2,1-3H3,(H,27,29)/t11-/m0/s1. The van der Waals surface area contributed by atoms with E-state index < -0.39 is 5.41 Å². The highest BCUT2D eigenvalue weighted by Crippen LogP contribution is 2.43. The first-order valence-electron chi connectivity index (χ1n) is 9.02. The fourth-order valence-corrected chi connectivity index (χ4v) is 4.80. The van der Waals surface area contributed by atoms with Crippen molar-refractivity contribution >= 4 is 56.5 Å². The molecule has 0 unspecified atom stereocenters. The lowest BCUT2D eigenvalue weighted by Gasteiger charge is -2.38. The molecule has 1 aliphatic carbocycles. The Balaban J connectivity index is 1.62. The number of nitrogens with zero attached hydrogens (tertiary/aromatic N) is 1. The summed E-state index contributed by atoms with van der Waals surface area (Å²) in [4.78, 5) is 28.2. The van der Waals surface area contributed by atoms with Crippen LogP contribution in [-0.2, 0) is 11.2 Å². The molecule has 0 spiro atoms. The molecule has 1 atom stereocenters. The number of Topliss-reactive ketones (excluding diaryl/α,β-unsaturated/α-hetero) is 1. The van der Waals surface area contributed by atoms with Crippen LogP contribution in [0.4, 0.5) is 5.69 Å². The molecule has 29 heavy (non-hydrogen) atoms. The van der Waals surface area contributed by atoms with Crippen molar-refractivity contribution in [3.05, 3.63) is 68.0 Å². The van der Waals surface area contributed by atoms with Crippen LogP contribution in [0.5, 0.6) is 0 Å². The van der Waals surface area contributed by atoms with Crippen LogP contribution >= 0.6 is 39.1 Å². The van der Waals surface area contributed by atoms with E-state index in [9.17, 15) is 9.59 Å². The Labute approximate surface area is 188 Å². The van der Waals surface area contributed by atoms with Crippen LogP contribution in [-0.4, -0.2) is 22.7 Å². The Hall–Kier alpha value is -1.89. The van der Waals surface area contributed by atoms with Gasteiger partial charge in [-0.15, -0.1) is 0 Å². The molecule has 2 N–H and O–H groups in total. The van der Waals surface area contributed by atoms with Gasteiger partial charge in [-0.1, -0.05) is 35.3 Å². The summed E-state index contributed by atoms with van der Waals surface area (Å²) in [6.45, 7) is 5.89. The number of ketones is 1. The third-order valence-corrected chi connectivity index (χ3v) is 6.17. The summed E-state index contributed by atoms with van der Waals surface area (Å²) in [6, 6.07) is 7.69. The predicted molar refractivity (Wildman–Crippen MR) is 120 cm³/mol. The number of anilines is 1. The third kappa shape index (κ3) is 4.49. The maximum Gasteiger partial charge on any atom is 0.258 e. The molecule has 0 saturated heterocycles. The zero-order valence-electron chi connectivity index (χ0n) is 16.1. The van der Waals surface area contributed by atoms with E-state index in [4.69, 9.17) is 23.2 Å². The highest BCUT2D eigenvalue weighted by Gasteiger charge is 2.45. The zero-order valence-corrected chi connectivity index (χ0v) is 19.2. The van der Waals surface area contributed by atoms with Gasteiger partial charge in [-0.05, 0) is 60.8 Å². The number of hydrogen-bond donors (Lipinski definition) is 2. The van der Waals surface area contributed by atoms with Crippen LogP contribution in [0.3, 0.4) is 0 Å². The first-order valence-corrected chi connectivity index (χ1v) is 10.6. The molecule has 1 aromatic carbocycles. The number of carbonyl (C=O) groups is 2. The van der Waals surface area contributed by atoms with Crippen LogP contribution in [0.2, 0.25) is 10.0 Å². The smallest absolute Gasteiger partial charge is 0.258 e. The molecule has 152 valence electrons. The van der Waals surface area contributed by atoms with Crippen molar-refractivity contribution in [2.45, 2.75) is 33.2 Å². The van der Waals surface area contributed by atoms with Crippen molar-refractivity contribution in [3.63, 3.8) is 0 Å². The summed E-state index contributed by atoms with van der Waals surface area (Å²) in [5.74, 6) is -0.277. The van der Waals surface area contributed by atoms with E-state index in [1.807, 2.05) is 38.1 Å². The summed E-state index contributed by atoms with van der Waals surface area (Å²) < 4.78 is 0.626. The molecule has 1 amide bonds. The number of amides is 1. The van der Waals surface area contributed by atoms with E-state index in [2.05, 4.69) is 38.5 Å². The number of halogens is 3.